The van der Waals surface area contributed by atoms with Gasteiger partial charge in [0.2, 0.25) is 15.9 Å². The Labute approximate surface area is 176 Å². The van der Waals surface area contributed by atoms with E-state index in [9.17, 15) is 13.2 Å². The topological polar surface area (TPSA) is 87.7 Å². The Morgan fingerprint density at radius 1 is 1.28 bits per heavy atom. The van der Waals surface area contributed by atoms with Gasteiger partial charge in [0.15, 0.2) is 0 Å². The number of ether oxygens (including phenoxy) is 1. The number of hydrogen-bond acceptors (Lipinski definition) is 6. The minimum absolute atomic E-state index is 0.0386. The molecular weight excluding hydrogens is 410 g/mol. The molecule has 1 fully saturated rings. The highest BCUT2D eigenvalue weighted by molar-refractivity contribution is 7.89. The van der Waals surface area contributed by atoms with Gasteiger partial charge in [0, 0.05) is 37.8 Å². The summed E-state index contributed by atoms with van der Waals surface area (Å²) in [6, 6.07) is 6.84. The molecule has 3 rings (SSSR count). The summed E-state index contributed by atoms with van der Waals surface area (Å²) in [6.45, 7) is 6.62. The summed E-state index contributed by atoms with van der Waals surface area (Å²) in [7, 11) is -3.68. The van der Waals surface area contributed by atoms with Crippen molar-refractivity contribution in [1.82, 2.24) is 9.62 Å². The van der Waals surface area contributed by atoms with Gasteiger partial charge in [0.05, 0.1) is 18.1 Å². The number of nitrogens with one attached hydrogen (secondary N) is 2. The van der Waals surface area contributed by atoms with Gasteiger partial charge in [-0.25, -0.2) is 13.1 Å². The number of carbonyl (C=O) groups is 1. The van der Waals surface area contributed by atoms with Crippen molar-refractivity contribution in [2.75, 3.05) is 38.2 Å². The standard InChI is InChI=1S/C20H27N3O4S2/c1-3-20(24)22-17-4-5-19(15(2)12-17)29(25,26)21-13-18(16-6-11-28-14-16)23-7-9-27-10-8-23/h4-6,11-12,14,18,21H,3,7-10,13H2,1-2H3,(H,22,24). The maximum Gasteiger partial charge on any atom is 0.240 e. The van der Waals surface area contributed by atoms with Gasteiger partial charge in [-0.05, 0) is 53.1 Å². The highest BCUT2D eigenvalue weighted by Crippen LogP contribution is 2.25. The third-order valence-electron chi connectivity index (χ3n) is 4.95. The van der Waals surface area contributed by atoms with Gasteiger partial charge in [0.1, 0.15) is 0 Å². The van der Waals surface area contributed by atoms with Gasteiger partial charge in [-0.15, -0.1) is 0 Å². The smallest absolute Gasteiger partial charge is 0.240 e. The molecule has 7 nitrogen and oxygen atoms in total. The summed E-state index contributed by atoms with van der Waals surface area (Å²) in [4.78, 5) is 14.0. The van der Waals surface area contributed by atoms with E-state index in [1.165, 1.54) is 6.07 Å². The van der Waals surface area contributed by atoms with E-state index in [-0.39, 0.29) is 23.4 Å². The van der Waals surface area contributed by atoms with E-state index >= 15 is 0 Å². The lowest BCUT2D eigenvalue weighted by atomic mass is 10.1. The number of rotatable bonds is 8. The molecule has 1 aromatic heterocycles. The summed E-state index contributed by atoms with van der Waals surface area (Å²) < 4.78 is 34.1. The molecule has 1 aliphatic heterocycles. The zero-order valence-corrected chi connectivity index (χ0v) is 18.3. The Morgan fingerprint density at radius 3 is 2.66 bits per heavy atom. The molecule has 1 amide bonds. The van der Waals surface area contributed by atoms with E-state index in [2.05, 4.69) is 20.3 Å². The summed E-state index contributed by atoms with van der Waals surface area (Å²) in [6.07, 6.45) is 0.367. The summed E-state index contributed by atoms with van der Waals surface area (Å²) in [5.74, 6) is -0.109. The zero-order valence-electron chi connectivity index (χ0n) is 16.7. The van der Waals surface area contributed by atoms with Gasteiger partial charge in [0.25, 0.3) is 0 Å². The number of anilines is 1. The van der Waals surface area contributed by atoms with E-state index in [0.29, 0.717) is 30.9 Å². The van der Waals surface area contributed by atoms with Gasteiger partial charge >= 0.3 is 0 Å². The Bertz CT molecular complexity index is 923. The van der Waals surface area contributed by atoms with Crippen LogP contribution in [-0.4, -0.2) is 52.1 Å². The molecule has 9 heteroatoms. The monoisotopic (exact) mass is 437 g/mol. The Kier molecular flexibility index (Phi) is 7.42. The van der Waals surface area contributed by atoms with Crippen LogP contribution < -0.4 is 10.0 Å². The number of carbonyl (C=O) groups excluding carboxylic acids is 1. The van der Waals surface area contributed by atoms with E-state index < -0.39 is 10.0 Å². The third-order valence-corrected chi connectivity index (χ3v) is 7.24. The van der Waals surface area contributed by atoms with Crippen LogP contribution in [0.5, 0.6) is 0 Å². The Balaban J connectivity index is 1.74. The number of aryl methyl sites for hydroxylation is 1. The third kappa shape index (κ3) is 5.64. The van der Waals surface area contributed by atoms with Crippen molar-refractivity contribution < 1.29 is 17.9 Å². The van der Waals surface area contributed by atoms with E-state index in [1.807, 2.05) is 11.4 Å². The van der Waals surface area contributed by atoms with Crippen LogP contribution in [0.1, 0.15) is 30.5 Å². The first-order valence-corrected chi connectivity index (χ1v) is 12.1. The molecule has 0 aliphatic carbocycles. The molecule has 0 spiro atoms. The average Bonchev–Trinajstić information content (AvgIpc) is 3.23. The van der Waals surface area contributed by atoms with E-state index in [4.69, 9.17) is 4.74 Å². The SMILES string of the molecule is CCC(=O)Nc1ccc(S(=O)(=O)NCC(c2ccsc2)N2CCOCC2)c(C)c1. The number of morpholine rings is 1. The van der Waals surface area contributed by atoms with Gasteiger partial charge in [-0.2, -0.15) is 11.3 Å². The van der Waals surface area contributed by atoms with Crippen molar-refractivity contribution in [3.05, 3.63) is 46.2 Å². The molecule has 0 saturated carbocycles. The van der Waals surface area contributed by atoms with Crippen LogP contribution in [0.25, 0.3) is 0 Å². The molecule has 1 aliphatic rings. The molecule has 1 atom stereocenters. The van der Waals surface area contributed by atoms with Crippen molar-refractivity contribution in [3.63, 3.8) is 0 Å². The number of hydrogen-bond donors (Lipinski definition) is 2. The fourth-order valence-corrected chi connectivity index (χ4v) is 5.33. The van der Waals surface area contributed by atoms with Gasteiger partial charge in [-0.1, -0.05) is 6.92 Å². The first-order chi connectivity index (χ1) is 13.9. The largest absolute Gasteiger partial charge is 0.379 e. The molecule has 1 unspecified atom stereocenters. The minimum Gasteiger partial charge on any atom is -0.379 e. The van der Waals surface area contributed by atoms with Crippen molar-refractivity contribution in [2.24, 2.45) is 0 Å². The molecular formula is C20H27N3O4S2. The van der Waals surface area contributed by atoms with Crippen molar-refractivity contribution in [3.8, 4) is 0 Å². The van der Waals surface area contributed by atoms with Crippen LogP contribution in [0.4, 0.5) is 5.69 Å². The second-order valence-electron chi connectivity index (χ2n) is 6.95. The lowest BCUT2D eigenvalue weighted by Gasteiger charge is -2.34. The average molecular weight is 438 g/mol. The zero-order chi connectivity index (χ0) is 20.9. The molecule has 0 radical (unpaired) electrons. The van der Waals surface area contributed by atoms with Crippen LogP contribution in [0.3, 0.4) is 0 Å². The van der Waals surface area contributed by atoms with Crippen LogP contribution in [0, 0.1) is 6.92 Å². The maximum atomic E-state index is 13.0. The van der Waals surface area contributed by atoms with Gasteiger partial charge < -0.3 is 10.1 Å². The molecule has 2 aromatic rings. The van der Waals surface area contributed by atoms with E-state index in [0.717, 1.165) is 18.7 Å². The van der Waals surface area contributed by atoms with Crippen LogP contribution in [0.15, 0.2) is 39.9 Å². The predicted octanol–water partition coefficient (Wildman–Crippen LogP) is 2.76. The molecule has 1 aromatic carbocycles. The number of benzene rings is 1. The quantitative estimate of drug-likeness (QED) is 0.663. The summed E-state index contributed by atoms with van der Waals surface area (Å²) in [5.41, 5.74) is 2.29. The first kappa shape index (κ1) is 21.9. The van der Waals surface area contributed by atoms with Crippen molar-refractivity contribution in [1.29, 1.82) is 0 Å². The lowest BCUT2D eigenvalue weighted by molar-refractivity contribution is -0.115. The predicted molar refractivity (Wildman–Crippen MR) is 115 cm³/mol. The lowest BCUT2D eigenvalue weighted by Crippen LogP contribution is -2.43. The normalized spacial score (nSPS) is 16.5. The highest BCUT2D eigenvalue weighted by Gasteiger charge is 2.26. The second kappa shape index (κ2) is 9.82. The summed E-state index contributed by atoms with van der Waals surface area (Å²) in [5, 5.41) is 6.82. The van der Waals surface area contributed by atoms with Crippen LogP contribution in [-0.2, 0) is 19.6 Å². The second-order valence-corrected chi connectivity index (χ2v) is 9.47. The van der Waals surface area contributed by atoms with E-state index in [1.54, 1.807) is 37.3 Å². The molecule has 158 valence electrons. The Hall–Kier alpha value is -1.78. The number of amides is 1. The molecule has 0 bridgehead atoms. The van der Waals surface area contributed by atoms with Crippen LogP contribution in [0.2, 0.25) is 0 Å². The number of nitrogens with zero attached hydrogens (tertiary/aromatic N) is 1. The molecule has 1 saturated heterocycles. The first-order valence-electron chi connectivity index (χ1n) is 9.64. The number of thiophene rings is 1. The maximum absolute atomic E-state index is 13.0. The molecule has 2 heterocycles. The molecule has 2 N–H and O–H groups in total. The fourth-order valence-electron chi connectivity index (χ4n) is 3.36. The summed E-state index contributed by atoms with van der Waals surface area (Å²) >= 11 is 1.60. The van der Waals surface area contributed by atoms with Crippen LogP contribution >= 0.6 is 11.3 Å². The fraction of sp³-hybridized carbons (Fsp3) is 0.450. The number of sulfonamides is 1. The molecule has 29 heavy (non-hydrogen) atoms. The van der Waals surface area contributed by atoms with Crippen molar-refractivity contribution in [2.45, 2.75) is 31.2 Å². The minimum atomic E-state index is -3.68. The van der Waals surface area contributed by atoms with Gasteiger partial charge in [-0.3, -0.25) is 9.69 Å². The highest BCUT2D eigenvalue weighted by atomic mass is 32.2. The van der Waals surface area contributed by atoms with Crippen molar-refractivity contribution >= 4 is 33.0 Å². The Morgan fingerprint density at radius 2 is 2.03 bits per heavy atom.